The second kappa shape index (κ2) is 9.64. The zero-order valence-corrected chi connectivity index (χ0v) is 21.4. The fourth-order valence-electron chi connectivity index (χ4n) is 4.48. The summed E-state index contributed by atoms with van der Waals surface area (Å²) in [5.74, 6) is 0.754. The van der Waals surface area contributed by atoms with Crippen molar-refractivity contribution in [3.05, 3.63) is 93.7 Å². The molecule has 1 saturated carbocycles. The number of nitrogens with zero attached hydrogens (tertiary/aromatic N) is 1. The molecule has 5 rings (SSSR count). The Balaban J connectivity index is 1.38. The summed E-state index contributed by atoms with van der Waals surface area (Å²) in [4.78, 5) is 11.7. The molecule has 0 radical (unpaired) electrons. The van der Waals surface area contributed by atoms with Crippen molar-refractivity contribution in [2.24, 2.45) is 0 Å². The lowest BCUT2D eigenvalue weighted by Gasteiger charge is -2.13. The van der Waals surface area contributed by atoms with E-state index >= 15 is 0 Å². The van der Waals surface area contributed by atoms with Crippen LogP contribution in [0.5, 0.6) is 5.75 Å². The van der Waals surface area contributed by atoms with Crippen LogP contribution in [0.4, 0.5) is 0 Å². The summed E-state index contributed by atoms with van der Waals surface area (Å²) >= 11 is 12.9. The molecule has 1 heterocycles. The van der Waals surface area contributed by atoms with Gasteiger partial charge in [0.05, 0.1) is 21.0 Å². The Morgan fingerprint density at radius 2 is 1.69 bits per heavy atom. The van der Waals surface area contributed by atoms with Gasteiger partial charge in [0, 0.05) is 11.5 Å². The highest BCUT2D eigenvalue weighted by Crippen LogP contribution is 2.49. The zero-order valence-electron chi connectivity index (χ0n) is 19.9. The second-order valence-electron chi connectivity index (χ2n) is 9.41. The van der Waals surface area contributed by atoms with Gasteiger partial charge in [0.2, 0.25) is 0 Å². The van der Waals surface area contributed by atoms with Gasteiger partial charge in [-0.15, -0.1) is 0 Å². The van der Waals surface area contributed by atoms with E-state index in [0.29, 0.717) is 39.9 Å². The molecule has 0 saturated heterocycles. The number of halogens is 2. The van der Waals surface area contributed by atoms with Gasteiger partial charge in [0.25, 0.3) is 0 Å². The number of ether oxygens (including phenoxy) is 1. The number of benzene rings is 3. The summed E-state index contributed by atoms with van der Waals surface area (Å²) < 4.78 is 11.8. The molecule has 184 valence electrons. The van der Waals surface area contributed by atoms with Gasteiger partial charge in [0.1, 0.15) is 23.8 Å². The van der Waals surface area contributed by atoms with Crippen molar-refractivity contribution in [3.63, 3.8) is 0 Å². The summed E-state index contributed by atoms with van der Waals surface area (Å²) in [6.07, 6.45) is 1.36. The van der Waals surface area contributed by atoms with Crippen LogP contribution in [0.15, 0.2) is 71.3 Å². The molecule has 1 fully saturated rings. The fraction of sp³-hybridized carbons (Fsp3) is 0.241. The minimum absolute atomic E-state index is 0.0985. The van der Waals surface area contributed by atoms with Gasteiger partial charge in [-0.2, -0.15) is 0 Å². The van der Waals surface area contributed by atoms with E-state index in [0.717, 1.165) is 28.0 Å². The van der Waals surface area contributed by atoms with E-state index in [1.54, 1.807) is 18.2 Å². The van der Waals surface area contributed by atoms with Crippen LogP contribution < -0.4 is 4.74 Å². The van der Waals surface area contributed by atoms with Gasteiger partial charge in [-0.25, -0.2) is 0 Å². The Hall–Kier alpha value is -3.28. The predicted octanol–water partition coefficient (Wildman–Crippen LogP) is 8.13. The standard InChI is InChI=1S/C29H25Cl2NO4/c1-17(2)27-22(26(32-36-27)25-23(30)7-4-8-24(25)31)16-35-21-11-9-18(10-12-21)19-5-3-6-20(15-19)29(13-14-29)28(33)34/h3-12,15,17H,13-14,16H2,1-2H3,(H,33,34). The molecule has 1 aliphatic carbocycles. The zero-order chi connectivity index (χ0) is 25.4. The predicted molar refractivity (Wildman–Crippen MR) is 141 cm³/mol. The van der Waals surface area contributed by atoms with Crippen LogP contribution in [0.1, 0.15) is 49.5 Å². The number of carboxylic acid groups (broad SMARTS) is 1. The molecule has 1 aromatic heterocycles. The number of carbonyl (C=O) groups is 1. The lowest BCUT2D eigenvalue weighted by Crippen LogP contribution is -2.19. The third-order valence-electron chi connectivity index (χ3n) is 6.69. The van der Waals surface area contributed by atoms with Gasteiger partial charge in [0.15, 0.2) is 0 Å². The van der Waals surface area contributed by atoms with E-state index in [1.807, 2.05) is 62.4 Å². The first-order chi connectivity index (χ1) is 17.3. The Labute approximate surface area is 219 Å². The maximum Gasteiger partial charge on any atom is 0.314 e. The minimum Gasteiger partial charge on any atom is -0.489 e. The third-order valence-corrected chi connectivity index (χ3v) is 7.32. The molecule has 0 bridgehead atoms. The average Bonchev–Trinajstić information content (AvgIpc) is 3.58. The Morgan fingerprint density at radius 3 is 2.31 bits per heavy atom. The molecular formula is C29H25Cl2NO4. The molecule has 4 aromatic rings. The highest BCUT2D eigenvalue weighted by molar-refractivity contribution is 6.39. The maximum absolute atomic E-state index is 11.7. The molecule has 0 atom stereocenters. The van der Waals surface area contributed by atoms with Crippen LogP contribution in [0.2, 0.25) is 10.0 Å². The van der Waals surface area contributed by atoms with E-state index in [-0.39, 0.29) is 12.5 Å². The van der Waals surface area contributed by atoms with Crippen LogP contribution in [-0.2, 0) is 16.8 Å². The highest BCUT2D eigenvalue weighted by atomic mass is 35.5. The van der Waals surface area contributed by atoms with E-state index in [1.165, 1.54) is 0 Å². The van der Waals surface area contributed by atoms with Gasteiger partial charge >= 0.3 is 5.97 Å². The second-order valence-corrected chi connectivity index (χ2v) is 10.2. The van der Waals surface area contributed by atoms with E-state index in [9.17, 15) is 9.90 Å². The number of aromatic nitrogens is 1. The van der Waals surface area contributed by atoms with Crippen molar-refractivity contribution in [2.45, 2.75) is 44.6 Å². The maximum atomic E-state index is 11.7. The lowest BCUT2D eigenvalue weighted by molar-refractivity contribution is -0.140. The van der Waals surface area contributed by atoms with E-state index in [2.05, 4.69) is 5.16 Å². The minimum atomic E-state index is -0.754. The summed E-state index contributed by atoms with van der Waals surface area (Å²) in [5.41, 5.74) is 4.10. The first-order valence-corrected chi connectivity index (χ1v) is 12.6. The van der Waals surface area contributed by atoms with Crippen LogP contribution in [0, 0.1) is 0 Å². The first-order valence-electron chi connectivity index (χ1n) is 11.8. The van der Waals surface area contributed by atoms with Gasteiger partial charge in [-0.05, 0) is 53.8 Å². The number of aliphatic carboxylic acids is 1. The molecule has 0 unspecified atom stereocenters. The molecular weight excluding hydrogens is 497 g/mol. The molecule has 0 amide bonds. The number of rotatable bonds is 8. The monoisotopic (exact) mass is 521 g/mol. The SMILES string of the molecule is CC(C)c1onc(-c2c(Cl)cccc2Cl)c1COc1ccc(-c2cccc(C3(C(=O)O)CC3)c2)cc1. The summed E-state index contributed by atoms with van der Waals surface area (Å²) in [7, 11) is 0. The van der Waals surface area contributed by atoms with Crippen molar-refractivity contribution in [2.75, 3.05) is 0 Å². The van der Waals surface area contributed by atoms with Crippen molar-refractivity contribution in [1.29, 1.82) is 0 Å². The van der Waals surface area contributed by atoms with Gasteiger partial charge in [-0.1, -0.05) is 84.7 Å². The fourth-order valence-corrected chi connectivity index (χ4v) is 5.06. The third kappa shape index (κ3) is 4.49. The molecule has 7 heteroatoms. The summed E-state index contributed by atoms with van der Waals surface area (Å²) in [6.45, 7) is 4.30. The molecule has 1 aliphatic rings. The lowest BCUT2D eigenvalue weighted by atomic mass is 9.93. The molecule has 5 nitrogen and oxygen atoms in total. The number of hydrogen-bond donors (Lipinski definition) is 1. The summed E-state index contributed by atoms with van der Waals surface area (Å²) in [6, 6.07) is 20.8. The number of carboxylic acids is 1. The van der Waals surface area contributed by atoms with Crippen molar-refractivity contribution < 1.29 is 19.2 Å². The van der Waals surface area contributed by atoms with E-state index < -0.39 is 11.4 Å². The Morgan fingerprint density at radius 1 is 1.03 bits per heavy atom. The van der Waals surface area contributed by atoms with Crippen LogP contribution in [0.25, 0.3) is 22.4 Å². The van der Waals surface area contributed by atoms with Crippen molar-refractivity contribution in [1.82, 2.24) is 5.16 Å². The molecule has 36 heavy (non-hydrogen) atoms. The largest absolute Gasteiger partial charge is 0.489 e. The topological polar surface area (TPSA) is 72.6 Å². The van der Waals surface area contributed by atoms with Crippen LogP contribution in [-0.4, -0.2) is 16.2 Å². The normalized spacial score (nSPS) is 14.1. The quantitative estimate of drug-likeness (QED) is 0.253. The van der Waals surface area contributed by atoms with Gasteiger partial charge in [-0.3, -0.25) is 4.79 Å². The van der Waals surface area contributed by atoms with E-state index in [4.69, 9.17) is 32.5 Å². The Bertz CT molecular complexity index is 1400. The highest BCUT2D eigenvalue weighted by Gasteiger charge is 2.51. The molecule has 0 aliphatic heterocycles. The van der Waals surface area contributed by atoms with Crippen LogP contribution in [0.3, 0.4) is 0 Å². The average molecular weight is 522 g/mol. The van der Waals surface area contributed by atoms with Gasteiger partial charge < -0.3 is 14.4 Å². The smallest absolute Gasteiger partial charge is 0.314 e. The van der Waals surface area contributed by atoms with Crippen LogP contribution >= 0.6 is 23.2 Å². The first kappa shape index (κ1) is 24.4. The number of hydrogen-bond acceptors (Lipinski definition) is 4. The Kier molecular flexibility index (Phi) is 6.54. The van der Waals surface area contributed by atoms with Crippen molar-refractivity contribution >= 4 is 29.2 Å². The molecule has 3 aromatic carbocycles. The summed E-state index contributed by atoms with van der Waals surface area (Å²) in [5, 5.41) is 14.9. The van der Waals surface area contributed by atoms with Crippen molar-refractivity contribution in [3.8, 4) is 28.1 Å². The molecule has 1 N–H and O–H groups in total. The molecule has 0 spiro atoms.